The lowest BCUT2D eigenvalue weighted by Crippen LogP contribution is -2.15. The summed E-state index contributed by atoms with van der Waals surface area (Å²) in [5.41, 5.74) is 0. The van der Waals surface area contributed by atoms with Crippen LogP contribution in [0.2, 0.25) is 0 Å². The second-order valence-corrected chi connectivity index (χ2v) is 3.20. The van der Waals surface area contributed by atoms with Crippen LogP contribution in [-0.4, -0.2) is 81.0 Å². The average molecular weight is 258 g/mol. The molecular formula is C10H26O7. The Balaban J connectivity index is -0.000000174. The number of hydrogen-bond acceptors (Lipinski definition) is 7. The highest BCUT2D eigenvalue weighted by Gasteiger charge is 1.93. The lowest BCUT2D eigenvalue weighted by molar-refractivity contribution is 0.0450. The van der Waals surface area contributed by atoms with Crippen molar-refractivity contribution in [3.05, 3.63) is 0 Å². The molecule has 0 aliphatic heterocycles. The molecular weight excluding hydrogens is 232 g/mol. The Kier molecular flexibility index (Phi) is 27.2. The Bertz CT molecular complexity index is 103. The summed E-state index contributed by atoms with van der Waals surface area (Å²) in [6.07, 6.45) is -0.0764. The summed E-state index contributed by atoms with van der Waals surface area (Å²) in [6, 6.07) is 0. The standard InChI is InChI=1S/C4H10O2.C3H8O3.C3H8O2/c5-3-1-2-4-6;4-1-3(6)2-5;1-3(5)2-4/h5-6H,1-4H2;3-6H,1-2H2;3-5H,2H2,1H3. The quantitative estimate of drug-likeness (QED) is 0.260. The molecule has 0 fully saturated rings. The minimum atomic E-state index is -0.954. The Labute approximate surface area is 102 Å². The van der Waals surface area contributed by atoms with E-state index in [1.165, 1.54) is 6.92 Å². The molecule has 0 heterocycles. The minimum absolute atomic E-state index is 0.139. The molecule has 1 unspecified atom stereocenters. The van der Waals surface area contributed by atoms with Crippen molar-refractivity contribution in [1.29, 1.82) is 0 Å². The van der Waals surface area contributed by atoms with Gasteiger partial charge in [-0.05, 0) is 19.8 Å². The van der Waals surface area contributed by atoms with Crippen LogP contribution >= 0.6 is 0 Å². The lowest BCUT2D eigenvalue weighted by atomic mass is 10.3. The predicted molar refractivity (Wildman–Crippen MR) is 62.4 cm³/mol. The first-order valence-electron chi connectivity index (χ1n) is 5.40. The molecule has 0 spiro atoms. The van der Waals surface area contributed by atoms with Crippen molar-refractivity contribution in [2.24, 2.45) is 0 Å². The molecule has 0 aromatic rings. The fourth-order valence-electron chi connectivity index (χ4n) is 0.281. The summed E-state index contributed by atoms with van der Waals surface area (Å²) in [7, 11) is 0. The lowest BCUT2D eigenvalue weighted by Gasteiger charge is -1.96. The van der Waals surface area contributed by atoms with E-state index < -0.39 is 12.2 Å². The van der Waals surface area contributed by atoms with Gasteiger partial charge in [0, 0.05) is 13.2 Å². The van der Waals surface area contributed by atoms with Crippen molar-refractivity contribution < 1.29 is 35.7 Å². The predicted octanol–water partition coefficient (Wildman–Crippen LogP) is -2.56. The maximum Gasteiger partial charge on any atom is 0.100 e. The van der Waals surface area contributed by atoms with E-state index in [9.17, 15) is 0 Å². The SMILES string of the molecule is CC(O)CO.OCC(O)CO.OCCCCO. The van der Waals surface area contributed by atoms with E-state index in [0.29, 0.717) is 0 Å². The fourth-order valence-corrected chi connectivity index (χ4v) is 0.281. The molecule has 0 aromatic carbocycles. The van der Waals surface area contributed by atoms with Gasteiger partial charge >= 0.3 is 0 Å². The summed E-state index contributed by atoms with van der Waals surface area (Å²) in [4.78, 5) is 0. The van der Waals surface area contributed by atoms with Gasteiger partial charge in [0.2, 0.25) is 0 Å². The molecule has 0 aliphatic rings. The van der Waals surface area contributed by atoms with Crippen LogP contribution in [0.25, 0.3) is 0 Å². The molecule has 1 atom stereocenters. The van der Waals surface area contributed by atoms with Gasteiger partial charge in [-0.1, -0.05) is 0 Å². The zero-order valence-corrected chi connectivity index (χ0v) is 10.2. The van der Waals surface area contributed by atoms with Crippen molar-refractivity contribution in [2.45, 2.75) is 32.0 Å². The second kappa shape index (κ2) is 21.1. The maximum atomic E-state index is 8.17. The van der Waals surface area contributed by atoms with Gasteiger partial charge in [0.05, 0.1) is 25.9 Å². The largest absolute Gasteiger partial charge is 0.396 e. The molecule has 0 amide bonds. The first kappa shape index (κ1) is 21.9. The minimum Gasteiger partial charge on any atom is -0.396 e. The highest BCUT2D eigenvalue weighted by molar-refractivity contribution is 4.44. The van der Waals surface area contributed by atoms with Gasteiger partial charge < -0.3 is 35.7 Å². The molecule has 0 aliphatic carbocycles. The third-order valence-corrected chi connectivity index (χ3v) is 1.25. The summed E-state index contributed by atoms with van der Waals surface area (Å²) in [6.45, 7) is 1.05. The molecule has 108 valence electrons. The van der Waals surface area contributed by atoms with Gasteiger partial charge in [-0.2, -0.15) is 0 Å². The molecule has 7 nitrogen and oxygen atoms in total. The van der Waals surface area contributed by atoms with E-state index in [2.05, 4.69) is 0 Å². The van der Waals surface area contributed by atoms with Gasteiger partial charge in [0.25, 0.3) is 0 Å². The summed E-state index contributed by atoms with van der Waals surface area (Å²) in [5.74, 6) is 0. The molecule has 7 N–H and O–H groups in total. The Morgan fingerprint density at radius 3 is 1.06 bits per heavy atom. The molecule has 0 bridgehead atoms. The Hall–Kier alpha value is -0.280. The monoisotopic (exact) mass is 258 g/mol. The molecule has 7 heteroatoms. The summed E-state index contributed by atoms with van der Waals surface area (Å²) < 4.78 is 0. The third kappa shape index (κ3) is 38.9. The second-order valence-electron chi connectivity index (χ2n) is 3.20. The van der Waals surface area contributed by atoms with Crippen LogP contribution in [-0.2, 0) is 0 Å². The van der Waals surface area contributed by atoms with E-state index in [1.54, 1.807) is 0 Å². The molecule has 0 saturated carbocycles. The summed E-state index contributed by atoms with van der Waals surface area (Å²) >= 11 is 0. The average Bonchev–Trinajstić information content (AvgIpc) is 2.36. The number of aliphatic hydroxyl groups excluding tert-OH is 7. The van der Waals surface area contributed by atoms with E-state index in [4.69, 9.17) is 35.7 Å². The van der Waals surface area contributed by atoms with Crippen LogP contribution in [0.3, 0.4) is 0 Å². The molecule has 0 saturated heterocycles. The zero-order valence-electron chi connectivity index (χ0n) is 10.2. The topological polar surface area (TPSA) is 142 Å². The molecule has 0 aromatic heterocycles. The molecule has 0 radical (unpaired) electrons. The van der Waals surface area contributed by atoms with Crippen molar-refractivity contribution in [3.63, 3.8) is 0 Å². The van der Waals surface area contributed by atoms with E-state index in [-0.39, 0.29) is 33.0 Å². The van der Waals surface area contributed by atoms with Crippen molar-refractivity contribution >= 4 is 0 Å². The van der Waals surface area contributed by atoms with E-state index in [0.717, 1.165) is 12.8 Å². The van der Waals surface area contributed by atoms with Gasteiger partial charge in [-0.3, -0.25) is 0 Å². The number of unbranched alkanes of at least 4 members (excludes halogenated alkanes) is 1. The van der Waals surface area contributed by atoms with Gasteiger partial charge in [0.1, 0.15) is 6.10 Å². The first-order chi connectivity index (χ1) is 7.99. The smallest absolute Gasteiger partial charge is 0.100 e. The van der Waals surface area contributed by atoms with Crippen LogP contribution in [0.4, 0.5) is 0 Å². The van der Waals surface area contributed by atoms with Crippen LogP contribution in [0, 0.1) is 0 Å². The number of rotatable bonds is 6. The van der Waals surface area contributed by atoms with Crippen LogP contribution in [0.15, 0.2) is 0 Å². The normalized spacial score (nSPS) is 11.1. The van der Waals surface area contributed by atoms with E-state index in [1.807, 2.05) is 0 Å². The van der Waals surface area contributed by atoms with Crippen LogP contribution < -0.4 is 0 Å². The van der Waals surface area contributed by atoms with Gasteiger partial charge in [-0.15, -0.1) is 0 Å². The number of aliphatic hydroxyl groups is 7. The zero-order chi connectivity index (χ0) is 14.1. The Morgan fingerprint density at radius 1 is 0.706 bits per heavy atom. The summed E-state index contributed by atoms with van der Waals surface area (Å²) in [5, 5.41) is 56.2. The maximum absolute atomic E-state index is 8.17. The Morgan fingerprint density at radius 2 is 1.00 bits per heavy atom. The van der Waals surface area contributed by atoms with E-state index >= 15 is 0 Å². The fraction of sp³-hybridized carbons (Fsp3) is 1.00. The third-order valence-electron chi connectivity index (χ3n) is 1.25. The van der Waals surface area contributed by atoms with Crippen molar-refractivity contribution in [3.8, 4) is 0 Å². The van der Waals surface area contributed by atoms with Gasteiger partial charge in [0.15, 0.2) is 0 Å². The van der Waals surface area contributed by atoms with Crippen molar-refractivity contribution in [1.82, 2.24) is 0 Å². The highest BCUT2D eigenvalue weighted by Crippen LogP contribution is 1.80. The molecule has 0 rings (SSSR count). The van der Waals surface area contributed by atoms with Gasteiger partial charge in [-0.25, -0.2) is 0 Å². The van der Waals surface area contributed by atoms with Crippen LogP contribution in [0.5, 0.6) is 0 Å². The van der Waals surface area contributed by atoms with Crippen LogP contribution in [0.1, 0.15) is 19.8 Å². The first-order valence-corrected chi connectivity index (χ1v) is 5.40. The molecule has 17 heavy (non-hydrogen) atoms. The van der Waals surface area contributed by atoms with Crippen molar-refractivity contribution in [2.75, 3.05) is 33.0 Å². The highest BCUT2D eigenvalue weighted by atomic mass is 16.3. The number of hydrogen-bond donors (Lipinski definition) is 7.